The fraction of sp³-hybridized carbons (Fsp3) is 0.571. The van der Waals surface area contributed by atoms with Gasteiger partial charge in [-0.2, -0.15) is 0 Å². The van der Waals surface area contributed by atoms with Crippen molar-refractivity contribution in [2.24, 2.45) is 5.41 Å². The molecule has 0 saturated carbocycles. The molecule has 0 fully saturated rings. The molecular weight excluding hydrogens is 263 g/mol. The van der Waals surface area contributed by atoms with E-state index in [0.29, 0.717) is 18.5 Å². The SMILES string of the molecule is CC(C)(C)CC(O)CNCc1cc(F)cc([N+](=O)[O-])c1. The first-order chi connectivity index (χ1) is 9.17. The summed E-state index contributed by atoms with van der Waals surface area (Å²) in [5, 5.41) is 23.4. The van der Waals surface area contributed by atoms with E-state index in [1.165, 1.54) is 12.1 Å². The average Bonchev–Trinajstić information content (AvgIpc) is 2.25. The van der Waals surface area contributed by atoms with E-state index in [-0.39, 0.29) is 17.6 Å². The van der Waals surface area contributed by atoms with Crippen molar-refractivity contribution in [1.29, 1.82) is 0 Å². The Morgan fingerprint density at radius 1 is 1.40 bits per heavy atom. The predicted octanol–water partition coefficient (Wildman–Crippen LogP) is 2.62. The molecule has 0 amide bonds. The fourth-order valence-electron chi connectivity index (χ4n) is 2.00. The van der Waals surface area contributed by atoms with Crippen LogP contribution in [0, 0.1) is 21.3 Å². The molecule has 0 aliphatic heterocycles. The maximum atomic E-state index is 13.2. The first-order valence-corrected chi connectivity index (χ1v) is 6.50. The Labute approximate surface area is 118 Å². The van der Waals surface area contributed by atoms with E-state index >= 15 is 0 Å². The Morgan fingerprint density at radius 2 is 2.05 bits per heavy atom. The van der Waals surface area contributed by atoms with Gasteiger partial charge in [0.15, 0.2) is 0 Å². The van der Waals surface area contributed by atoms with Crippen molar-refractivity contribution in [3.8, 4) is 0 Å². The van der Waals surface area contributed by atoms with Crippen molar-refractivity contribution in [3.05, 3.63) is 39.7 Å². The summed E-state index contributed by atoms with van der Waals surface area (Å²) in [6.45, 7) is 6.74. The van der Waals surface area contributed by atoms with Gasteiger partial charge in [-0.3, -0.25) is 10.1 Å². The minimum absolute atomic E-state index is 0.0265. The van der Waals surface area contributed by atoms with Gasteiger partial charge in [-0.25, -0.2) is 4.39 Å². The van der Waals surface area contributed by atoms with Crippen molar-refractivity contribution in [1.82, 2.24) is 5.32 Å². The largest absolute Gasteiger partial charge is 0.392 e. The minimum atomic E-state index is -0.633. The third-order valence-corrected chi connectivity index (χ3v) is 2.71. The summed E-state index contributed by atoms with van der Waals surface area (Å²) in [7, 11) is 0. The second-order valence-electron chi connectivity index (χ2n) is 6.12. The molecule has 0 radical (unpaired) electrons. The lowest BCUT2D eigenvalue weighted by Crippen LogP contribution is -2.29. The van der Waals surface area contributed by atoms with Gasteiger partial charge < -0.3 is 10.4 Å². The molecule has 0 aliphatic carbocycles. The fourth-order valence-corrected chi connectivity index (χ4v) is 2.00. The summed E-state index contributed by atoms with van der Waals surface area (Å²) in [6, 6.07) is 3.46. The summed E-state index contributed by atoms with van der Waals surface area (Å²) in [6.07, 6.45) is 0.141. The number of nitro benzene ring substituents is 1. The van der Waals surface area contributed by atoms with Crippen LogP contribution in [0.4, 0.5) is 10.1 Å². The number of aliphatic hydroxyl groups is 1. The van der Waals surface area contributed by atoms with Gasteiger partial charge in [0, 0.05) is 19.2 Å². The summed E-state index contributed by atoms with van der Waals surface area (Å²) in [5.41, 5.74) is 0.246. The Hall–Kier alpha value is -1.53. The zero-order valence-corrected chi connectivity index (χ0v) is 12.0. The number of non-ortho nitro benzene ring substituents is 1. The van der Waals surface area contributed by atoms with Crippen molar-refractivity contribution >= 4 is 5.69 Å². The van der Waals surface area contributed by atoms with E-state index in [2.05, 4.69) is 5.32 Å². The standard InChI is InChI=1S/C14H21FN2O3/c1-14(2,3)7-13(18)9-16-8-10-4-11(15)6-12(5-10)17(19)20/h4-6,13,16,18H,7-9H2,1-3H3. The van der Waals surface area contributed by atoms with Crippen molar-refractivity contribution in [3.63, 3.8) is 0 Å². The molecular formula is C14H21FN2O3. The Balaban J connectivity index is 2.52. The zero-order chi connectivity index (χ0) is 15.3. The number of hydrogen-bond acceptors (Lipinski definition) is 4. The number of aliphatic hydroxyl groups excluding tert-OH is 1. The molecule has 0 bridgehead atoms. The number of nitrogens with zero attached hydrogens (tertiary/aromatic N) is 1. The second kappa shape index (κ2) is 6.76. The molecule has 0 saturated heterocycles. The van der Waals surface area contributed by atoms with Gasteiger partial charge in [-0.1, -0.05) is 20.8 Å². The maximum absolute atomic E-state index is 13.2. The van der Waals surface area contributed by atoms with Crippen LogP contribution in [0.3, 0.4) is 0 Å². The minimum Gasteiger partial charge on any atom is -0.392 e. The average molecular weight is 284 g/mol. The number of nitro groups is 1. The van der Waals surface area contributed by atoms with Crippen molar-refractivity contribution in [2.75, 3.05) is 6.54 Å². The van der Waals surface area contributed by atoms with Crippen LogP contribution in [0.5, 0.6) is 0 Å². The van der Waals surface area contributed by atoms with E-state index in [1.54, 1.807) is 0 Å². The quantitative estimate of drug-likeness (QED) is 0.622. The Morgan fingerprint density at radius 3 is 2.60 bits per heavy atom. The van der Waals surface area contributed by atoms with E-state index in [9.17, 15) is 19.6 Å². The molecule has 0 spiro atoms. The smallest absolute Gasteiger partial charge is 0.272 e. The van der Waals surface area contributed by atoms with E-state index in [0.717, 1.165) is 6.07 Å². The van der Waals surface area contributed by atoms with Gasteiger partial charge in [0.05, 0.1) is 17.1 Å². The number of rotatable bonds is 6. The van der Waals surface area contributed by atoms with E-state index in [1.807, 2.05) is 20.8 Å². The van der Waals surface area contributed by atoms with Crippen LogP contribution in [0.1, 0.15) is 32.8 Å². The van der Waals surface area contributed by atoms with Gasteiger partial charge in [0.1, 0.15) is 5.82 Å². The molecule has 5 nitrogen and oxygen atoms in total. The first-order valence-electron chi connectivity index (χ1n) is 6.50. The molecule has 0 heterocycles. The summed E-state index contributed by atoms with van der Waals surface area (Å²) in [4.78, 5) is 10.00. The van der Waals surface area contributed by atoms with Crippen LogP contribution >= 0.6 is 0 Å². The third kappa shape index (κ3) is 6.08. The highest BCUT2D eigenvalue weighted by Gasteiger charge is 2.16. The summed E-state index contributed by atoms with van der Waals surface area (Å²) in [5.74, 6) is -0.633. The van der Waals surface area contributed by atoms with E-state index in [4.69, 9.17) is 0 Å². The molecule has 1 aromatic rings. The monoisotopic (exact) mass is 284 g/mol. The van der Waals surface area contributed by atoms with Gasteiger partial charge in [0.25, 0.3) is 5.69 Å². The lowest BCUT2D eigenvalue weighted by atomic mass is 9.89. The third-order valence-electron chi connectivity index (χ3n) is 2.71. The molecule has 0 aliphatic rings. The number of benzene rings is 1. The highest BCUT2D eigenvalue weighted by molar-refractivity contribution is 5.35. The topological polar surface area (TPSA) is 75.4 Å². The molecule has 6 heteroatoms. The van der Waals surface area contributed by atoms with Crippen molar-refractivity contribution < 1.29 is 14.4 Å². The summed E-state index contributed by atoms with van der Waals surface area (Å²) < 4.78 is 13.2. The van der Waals surface area contributed by atoms with Crippen LogP contribution in [0.25, 0.3) is 0 Å². The van der Waals surface area contributed by atoms with E-state index < -0.39 is 16.8 Å². The Kier molecular flexibility index (Phi) is 5.59. The number of hydrogen-bond donors (Lipinski definition) is 2. The lowest BCUT2D eigenvalue weighted by Gasteiger charge is -2.22. The molecule has 1 atom stereocenters. The van der Waals surface area contributed by atoms with Gasteiger partial charge in [0.2, 0.25) is 0 Å². The maximum Gasteiger partial charge on any atom is 0.272 e. The molecule has 1 unspecified atom stereocenters. The summed E-state index contributed by atoms with van der Waals surface area (Å²) >= 11 is 0. The first kappa shape index (κ1) is 16.5. The molecule has 2 N–H and O–H groups in total. The molecule has 20 heavy (non-hydrogen) atoms. The van der Waals surface area contributed by atoms with Crippen LogP contribution in [-0.2, 0) is 6.54 Å². The number of nitrogens with one attached hydrogen (secondary N) is 1. The molecule has 112 valence electrons. The lowest BCUT2D eigenvalue weighted by molar-refractivity contribution is -0.385. The zero-order valence-electron chi connectivity index (χ0n) is 12.0. The van der Waals surface area contributed by atoms with Crippen LogP contribution in [0.15, 0.2) is 18.2 Å². The van der Waals surface area contributed by atoms with Crippen LogP contribution in [-0.4, -0.2) is 22.7 Å². The molecule has 1 rings (SSSR count). The van der Waals surface area contributed by atoms with Gasteiger partial charge in [-0.15, -0.1) is 0 Å². The van der Waals surface area contributed by atoms with Crippen LogP contribution in [0.2, 0.25) is 0 Å². The van der Waals surface area contributed by atoms with Crippen molar-refractivity contribution in [2.45, 2.75) is 39.8 Å². The molecule has 1 aromatic carbocycles. The van der Waals surface area contributed by atoms with Crippen LogP contribution < -0.4 is 5.32 Å². The number of halogens is 1. The molecule has 0 aromatic heterocycles. The highest BCUT2D eigenvalue weighted by atomic mass is 19.1. The van der Waals surface area contributed by atoms with Gasteiger partial charge in [-0.05, 0) is 23.5 Å². The normalized spacial score (nSPS) is 13.2. The van der Waals surface area contributed by atoms with Gasteiger partial charge >= 0.3 is 0 Å². The highest BCUT2D eigenvalue weighted by Crippen LogP contribution is 2.20. The predicted molar refractivity (Wildman–Crippen MR) is 74.8 cm³/mol. The Bertz CT molecular complexity index is 472. The second-order valence-corrected chi connectivity index (χ2v) is 6.12.